The summed E-state index contributed by atoms with van der Waals surface area (Å²) in [6, 6.07) is 14.1. The fourth-order valence-corrected chi connectivity index (χ4v) is 2.55. The highest BCUT2D eigenvalue weighted by atomic mass is 32.1. The standard InChI is InChI=1S/C18H20O2S/c1-12(2)13-8-9-15(14(10-13)11-19)16-6-4-5-7-17(16)18(21)20-3/h4-10,12,19H,11H2,1-3H3. The first kappa shape index (κ1) is 15.7. The van der Waals surface area contributed by atoms with E-state index in [2.05, 4.69) is 32.0 Å². The quantitative estimate of drug-likeness (QED) is 0.854. The van der Waals surface area contributed by atoms with Crippen LogP contribution in [0.25, 0.3) is 11.1 Å². The zero-order valence-electron chi connectivity index (χ0n) is 12.6. The molecule has 0 saturated heterocycles. The summed E-state index contributed by atoms with van der Waals surface area (Å²) in [4.78, 5) is 0. The van der Waals surface area contributed by atoms with Crippen molar-refractivity contribution < 1.29 is 9.84 Å². The van der Waals surface area contributed by atoms with Gasteiger partial charge in [-0.1, -0.05) is 50.2 Å². The zero-order chi connectivity index (χ0) is 15.4. The Kier molecular flexibility index (Phi) is 5.10. The van der Waals surface area contributed by atoms with Crippen LogP contribution < -0.4 is 0 Å². The lowest BCUT2D eigenvalue weighted by atomic mass is 9.92. The molecule has 2 aromatic rings. The zero-order valence-corrected chi connectivity index (χ0v) is 13.4. The molecule has 0 unspecified atom stereocenters. The van der Waals surface area contributed by atoms with Crippen molar-refractivity contribution in [2.45, 2.75) is 26.4 Å². The Bertz CT molecular complexity index is 647. The molecule has 21 heavy (non-hydrogen) atoms. The molecule has 0 bridgehead atoms. The second-order valence-electron chi connectivity index (χ2n) is 5.27. The van der Waals surface area contributed by atoms with Crippen LogP contribution in [-0.2, 0) is 11.3 Å². The molecule has 0 amide bonds. The number of benzene rings is 2. The van der Waals surface area contributed by atoms with E-state index in [4.69, 9.17) is 17.0 Å². The van der Waals surface area contributed by atoms with Crippen molar-refractivity contribution in [1.29, 1.82) is 0 Å². The summed E-state index contributed by atoms with van der Waals surface area (Å²) in [5.41, 5.74) is 4.99. The molecule has 0 heterocycles. The minimum Gasteiger partial charge on any atom is -0.486 e. The Labute approximate surface area is 131 Å². The van der Waals surface area contributed by atoms with E-state index in [1.165, 1.54) is 5.56 Å². The molecule has 0 radical (unpaired) electrons. The minimum atomic E-state index is 0.00394. The number of aliphatic hydroxyl groups excluding tert-OH is 1. The van der Waals surface area contributed by atoms with Gasteiger partial charge < -0.3 is 9.84 Å². The molecule has 1 N–H and O–H groups in total. The van der Waals surface area contributed by atoms with Gasteiger partial charge in [0.2, 0.25) is 0 Å². The third kappa shape index (κ3) is 3.31. The number of thiocarbonyl (C=S) groups is 1. The SMILES string of the molecule is COC(=S)c1ccccc1-c1ccc(C(C)C)cc1CO. The molecule has 3 heteroatoms. The third-order valence-electron chi connectivity index (χ3n) is 3.59. The predicted molar refractivity (Wildman–Crippen MR) is 90.6 cm³/mol. The summed E-state index contributed by atoms with van der Waals surface area (Å²) >= 11 is 5.27. The Balaban J connectivity index is 2.59. The maximum atomic E-state index is 9.71. The molecule has 0 fully saturated rings. The van der Waals surface area contributed by atoms with Gasteiger partial charge in [-0.05, 0) is 46.5 Å². The average Bonchev–Trinajstić information content (AvgIpc) is 2.53. The van der Waals surface area contributed by atoms with Gasteiger partial charge in [0.1, 0.15) is 0 Å². The number of rotatable bonds is 4. The number of methoxy groups -OCH3 is 1. The van der Waals surface area contributed by atoms with Crippen LogP contribution in [0.1, 0.15) is 36.5 Å². The smallest absolute Gasteiger partial charge is 0.191 e. The fraction of sp³-hybridized carbons (Fsp3) is 0.278. The lowest BCUT2D eigenvalue weighted by Crippen LogP contribution is -2.03. The highest BCUT2D eigenvalue weighted by Crippen LogP contribution is 2.30. The summed E-state index contributed by atoms with van der Waals surface area (Å²) in [5, 5.41) is 10.2. The van der Waals surface area contributed by atoms with Crippen LogP contribution in [0.2, 0.25) is 0 Å². The molecule has 0 aliphatic rings. The Hall–Kier alpha value is -1.71. The van der Waals surface area contributed by atoms with E-state index < -0.39 is 0 Å². The topological polar surface area (TPSA) is 29.5 Å². The van der Waals surface area contributed by atoms with Crippen LogP contribution >= 0.6 is 12.2 Å². The highest BCUT2D eigenvalue weighted by Gasteiger charge is 2.13. The molecule has 0 spiro atoms. The highest BCUT2D eigenvalue weighted by molar-refractivity contribution is 7.80. The molecular weight excluding hydrogens is 280 g/mol. The molecule has 2 rings (SSSR count). The van der Waals surface area contributed by atoms with E-state index in [1.807, 2.05) is 24.3 Å². The molecule has 0 aliphatic heterocycles. The van der Waals surface area contributed by atoms with Gasteiger partial charge in [-0.15, -0.1) is 0 Å². The molecule has 2 aromatic carbocycles. The third-order valence-corrected chi connectivity index (χ3v) is 3.98. The van der Waals surface area contributed by atoms with Crippen LogP contribution in [-0.4, -0.2) is 17.3 Å². The van der Waals surface area contributed by atoms with Crippen LogP contribution in [0.4, 0.5) is 0 Å². The minimum absolute atomic E-state index is 0.00394. The molecule has 0 aliphatic carbocycles. The van der Waals surface area contributed by atoms with Gasteiger partial charge in [0, 0.05) is 5.56 Å². The van der Waals surface area contributed by atoms with E-state index >= 15 is 0 Å². The molecule has 2 nitrogen and oxygen atoms in total. The van der Waals surface area contributed by atoms with Gasteiger partial charge in [-0.3, -0.25) is 0 Å². The number of ether oxygens (including phenoxy) is 1. The summed E-state index contributed by atoms with van der Waals surface area (Å²) in [7, 11) is 1.58. The molecule has 0 aromatic heterocycles. The largest absolute Gasteiger partial charge is 0.486 e. The van der Waals surface area contributed by atoms with Crippen LogP contribution in [0.3, 0.4) is 0 Å². The Morgan fingerprint density at radius 2 is 1.86 bits per heavy atom. The first-order valence-electron chi connectivity index (χ1n) is 7.00. The summed E-state index contributed by atoms with van der Waals surface area (Å²) < 4.78 is 5.20. The first-order chi connectivity index (χ1) is 10.1. The number of hydrogen-bond donors (Lipinski definition) is 1. The summed E-state index contributed by atoms with van der Waals surface area (Å²) in [6.45, 7) is 4.29. The van der Waals surface area contributed by atoms with Crippen molar-refractivity contribution in [1.82, 2.24) is 0 Å². The van der Waals surface area contributed by atoms with E-state index in [1.54, 1.807) is 7.11 Å². The Morgan fingerprint density at radius 1 is 1.14 bits per heavy atom. The maximum Gasteiger partial charge on any atom is 0.191 e. The van der Waals surface area contributed by atoms with Crippen molar-refractivity contribution in [2.24, 2.45) is 0 Å². The van der Waals surface area contributed by atoms with Crippen molar-refractivity contribution in [2.75, 3.05) is 7.11 Å². The number of hydrogen-bond acceptors (Lipinski definition) is 3. The van der Waals surface area contributed by atoms with Crippen LogP contribution in [0.5, 0.6) is 0 Å². The van der Waals surface area contributed by atoms with Crippen LogP contribution in [0, 0.1) is 0 Å². The summed E-state index contributed by atoms with van der Waals surface area (Å²) in [6.07, 6.45) is 0. The van der Waals surface area contributed by atoms with E-state index in [0.717, 1.165) is 22.3 Å². The monoisotopic (exact) mass is 300 g/mol. The predicted octanol–water partition coefficient (Wildman–Crippen LogP) is 4.29. The Morgan fingerprint density at radius 3 is 2.48 bits per heavy atom. The van der Waals surface area contributed by atoms with Crippen molar-refractivity contribution in [3.05, 3.63) is 59.2 Å². The van der Waals surface area contributed by atoms with Gasteiger partial charge in [0.15, 0.2) is 5.05 Å². The van der Waals surface area contributed by atoms with Gasteiger partial charge in [0.05, 0.1) is 13.7 Å². The van der Waals surface area contributed by atoms with Crippen molar-refractivity contribution in [3.8, 4) is 11.1 Å². The van der Waals surface area contributed by atoms with Crippen molar-refractivity contribution >= 4 is 17.3 Å². The van der Waals surface area contributed by atoms with Gasteiger partial charge in [-0.2, -0.15) is 0 Å². The van der Waals surface area contributed by atoms with E-state index in [0.29, 0.717) is 11.0 Å². The molecular formula is C18H20O2S. The lowest BCUT2D eigenvalue weighted by molar-refractivity contribution is 0.282. The molecule has 0 atom stereocenters. The van der Waals surface area contributed by atoms with Gasteiger partial charge >= 0.3 is 0 Å². The second kappa shape index (κ2) is 6.83. The fourth-order valence-electron chi connectivity index (χ4n) is 2.37. The van der Waals surface area contributed by atoms with E-state index in [9.17, 15) is 5.11 Å². The first-order valence-corrected chi connectivity index (χ1v) is 7.40. The lowest BCUT2D eigenvalue weighted by Gasteiger charge is -2.15. The van der Waals surface area contributed by atoms with Crippen LogP contribution in [0.15, 0.2) is 42.5 Å². The van der Waals surface area contributed by atoms with Gasteiger partial charge in [0.25, 0.3) is 0 Å². The summed E-state index contributed by atoms with van der Waals surface area (Å²) in [5.74, 6) is 0.430. The number of aliphatic hydroxyl groups is 1. The second-order valence-corrected chi connectivity index (χ2v) is 5.64. The average molecular weight is 300 g/mol. The maximum absolute atomic E-state index is 9.71. The molecule has 110 valence electrons. The normalized spacial score (nSPS) is 10.7. The van der Waals surface area contributed by atoms with Crippen molar-refractivity contribution in [3.63, 3.8) is 0 Å². The van der Waals surface area contributed by atoms with Gasteiger partial charge in [-0.25, -0.2) is 0 Å². The van der Waals surface area contributed by atoms with E-state index in [-0.39, 0.29) is 6.61 Å². The molecule has 0 saturated carbocycles.